The summed E-state index contributed by atoms with van der Waals surface area (Å²) in [5, 5.41) is 4.76. The third kappa shape index (κ3) is 4.06. The van der Waals surface area contributed by atoms with Crippen molar-refractivity contribution in [1.82, 2.24) is 5.32 Å². The van der Waals surface area contributed by atoms with E-state index >= 15 is 0 Å². The molecule has 2 nitrogen and oxygen atoms in total. The molecule has 1 heterocycles. The molecule has 1 aromatic rings. The van der Waals surface area contributed by atoms with Gasteiger partial charge in [0, 0.05) is 17.1 Å². The third-order valence-corrected chi connectivity index (χ3v) is 3.58. The molecule has 0 aromatic heterocycles. The maximum atomic E-state index is 6.02. The maximum Gasteiger partial charge on any atom is 0.139 e. The van der Waals surface area contributed by atoms with Crippen molar-refractivity contribution in [3.05, 3.63) is 28.2 Å². The Bertz CT molecular complexity index is 364. The van der Waals surface area contributed by atoms with E-state index in [9.17, 15) is 0 Å². The Morgan fingerprint density at radius 1 is 1.29 bits per heavy atom. The van der Waals surface area contributed by atoms with Crippen molar-refractivity contribution in [2.24, 2.45) is 0 Å². The molecular formula is C13H17Cl2NO. The first-order valence-electron chi connectivity index (χ1n) is 6.07. The van der Waals surface area contributed by atoms with E-state index in [4.69, 9.17) is 27.9 Å². The second-order valence-corrected chi connectivity index (χ2v) is 5.20. The van der Waals surface area contributed by atoms with Crippen molar-refractivity contribution < 1.29 is 4.74 Å². The molecule has 0 amide bonds. The average molecular weight is 274 g/mol. The molecule has 17 heavy (non-hydrogen) atoms. The summed E-state index contributed by atoms with van der Waals surface area (Å²) < 4.78 is 5.66. The number of hydrogen-bond acceptors (Lipinski definition) is 2. The van der Waals surface area contributed by atoms with Crippen molar-refractivity contribution in [3.8, 4) is 5.75 Å². The lowest BCUT2D eigenvalue weighted by Gasteiger charge is -2.23. The number of ether oxygens (including phenoxy) is 1. The van der Waals surface area contributed by atoms with Crippen LogP contribution in [0.25, 0.3) is 0 Å². The smallest absolute Gasteiger partial charge is 0.139 e. The van der Waals surface area contributed by atoms with Crippen molar-refractivity contribution in [2.45, 2.75) is 31.7 Å². The number of benzene rings is 1. The van der Waals surface area contributed by atoms with E-state index in [0.29, 0.717) is 28.4 Å². The molecule has 1 aliphatic rings. The van der Waals surface area contributed by atoms with E-state index in [1.807, 2.05) is 0 Å². The van der Waals surface area contributed by atoms with Crippen molar-refractivity contribution >= 4 is 23.2 Å². The highest BCUT2D eigenvalue weighted by Gasteiger charge is 2.12. The predicted molar refractivity (Wildman–Crippen MR) is 72.2 cm³/mol. The van der Waals surface area contributed by atoms with Crippen molar-refractivity contribution in [2.75, 3.05) is 13.2 Å². The van der Waals surface area contributed by atoms with Crippen LogP contribution in [0.1, 0.15) is 25.7 Å². The number of rotatable bonds is 4. The topological polar surface area (TPSA) is 21.3 Å². The van der Waals surface area contributed by atoms with E-state index < -0.39 is 0 Å². The van der Waals surface area contributed by atoms with E-state index in [1.165, 1.54) is 19.3 Å². The van der Waals surface area contributed by atoms with E-state index in [2.05, 4.69) is 5.32 Å². The normalized spacial score (nSPS) is 20.2. The van der Waals surface area contributed by atoms with Gasteiger partial charge < -0.3 is 10.1 Å². The molecule has 0 unspecified atom stereocenters. The number of piperidine rings is 1. The standard InChI is InChI=1S/C13H17Cl2NO/c14-10-4-5-12(15)13(9-10)17-8-6-11-3-1-2-7-16-11/h4-5,9,11,16H,1-3,6-8H2/t11-/m0/s1. The summed E-state index contributed by atoms with van der Waals surface area (Å²) in [6.07, 6.45) is 4.86. The molecule has 1 aliphatic heterocycles. The third-order valence-electron chi connectivity index (χ3n) is 3.03. The molecule has 0 spiro atoms. The maximum absolute atomic E-state index is 6.02. The summed E-state index contributed by atoms with van der Waals surface area (Å²) >= 11 is 11.9. The lowest BCUT2D eigenvalue weighted by molar-refractivity contribution is 0.268. The molecule has 1 saturated heterocycles. The fourth-order valence-electron chi connectivity index (χ4n) is 2.07. The largest absolute Gasteiger partial charge is 0.492 e. The van der Waals surface area contributed by atoms with Crippen LogP contribution in [0.15, 0.2) is 18.2 Å². The minimum absolute atomic E-state index is 0.585. The molecule has 1 aromatic carbocycles. The molecule has 1 fully saturated rings. The summed E-state index contributed by atoms with van der Waals surface area (Å²) in [5.74, 6) is 0.676. The number of halogens is 2. The van der Waals surface area contributed by atoms with Gasteiger partial charge in [-0.15, -0.1) is 0 Å². The number of hydrogen-bond donors (Lipinski definition) is 1. The molecule has 0 radical (unpaired) electrons. The van der Waals surface area contributed by atoms with Crippen LogP contribution in [-0.2, 0) is 0 Å². The van der Waals surface area contributed by atoms with Gasteiger partial charge in [-0.25, -0.2) is 0 Å². The lowest BCUT2D eigenvalue weighted by atomic mass is 10.0. The first-order valence-corrected chi connectivity index (χ1v) is 6.82. The SMILES string of the molecule is Clc1ccc(Cl)c(OCC[C@@H]2CCCCN2)c1. The summed E-state index contributed by atoms with van der Waals surface area (Å²) in [7, 11) is 0. The van der Waals surface area contributed by atoms with Gasteiger partial charge in [0.15, 0.2) is 0 Å². The van der Waals surface area contributed by atoms with E-state index in [1.54, 1.807) is 18.2 Å². The second kappa shape index (κ2) is 6.48. The minimum atomic E-state index is 0.585. The van der Waals surface area contributed by atoms with E-state index in [0.717, 1.165) is 13.0 Å². The highest BCUT2D eigenvalue weighted by Crippen LogP contribution is 2.27. The molecule has 4 heteroatoms. The molecular weight excluding hydrogens is 257 g/mol. The molecule has 1 N–H and O–H groups in total. The van der Waals surface area contributed by atoms with Gasteiger partial charge in [0.1, 0.15) is 5.75 Å². The fraction of sp³-hybridized carbons (Fsp3) is 0.538. The monoisotopic (exact) mass is 273 g/mol. The molecule has 94 valence electrons. The van der Waals surface area contributed by atoms with Gasteiger partial charge >= 0.3 is 0 Å². The first kappa shape index (κ1) is 13.0. The van der Waals surface area contributed by atoms with Gasteiger partial charge in [-0.2, -0.15) is 0 Å². The zero-order valence-corrected chi connectivity index (χ0v) is 11.2. The summed E-state index contributed by atoms with van der Waals surface area (Å²) in [6, 6.07) is 5.87. The predicted octanol–water partition coefficient (Wildman–Crippen LogP) is 3.90. The Balaban J connectivity index is 1.79. The van der Waals surface area contributed by atoms with Crippen LogP contribution in [0.4, 0.5) is 0 Å². The first-order chi connectivity index (χ1) is 8.25. The van der Waals surface area contributed by atoms with E-state index in [-0.39, 0.29) is 0 Å². The zero-order chi connectivity index (χ0) is 12.1. The Morgan fingerprint density at radius 3 is 2.94 bits per heavy atom. The summed E-state index contributed by atoms with van der Waals surface area (Å²) in [5.41, 5.74) is 0. The summed E-state index contributed by atoms with van der Waals surface area (Å²) in [4.78, 5) is 0. The fourth-order valence-corrected chi connectivity index (χ4v) is 2.40. The van der Waals surface area contributed by atoms with Crippen LogP contribution in [-0.4, -0.2) is 19.2 Å². The Hall–Kier alpha value is -0.440. The highest BCUT2D eigenvalue weighted by atomic mass is 35.5. The minimum Gasteiger partial charge on any atom is -0.492 e. The van der Waals surface area contributed by atoms with Gasteiger partial charge in [0.2, 0.25) is 0 Å². The Labute approximate surface area is 112 Å². The molecule has 2 rings (SSSR count). The van der Waals surface area contributed by atoms with Crippen LogP contribution in [0.3, 0.4) is 0 Å². The molecule has 0 aliphatic carbocycles. The molecule has 1 atom stereocenters. The Morgan fingerprint density at radius 2 is 2.18 bits per heavy atom. The quantitative estimate of drug-likeness (QED) is 0.899. The average Bonchev–Trinajstić information content (AvgIpc) is 2.35. The van der Waals surface area contributed by atoms with Crippen LogP contribution >= 0.6 is 23.2 Å². The van der Waals surface area contributed by atoms with Crippen LogP contribution in [0, 0.1) is 0 Å². The van der Waals surface area contributed by atoms with Crippen molar-refractivity contribution in [3.63, 3.8) is 0 Å². The van der Waals surface area contributed by atoms with Gasteiger partial charge in [0.25, 0.3) is 0 Å². The lowest BCUT2D eigenvalue weighted by Crippen LogP contribution is -2.35. The van der Waals surface area contributed by atoms with Gasteiger partial charge in [-0.05, 0) is 37.9 Å². The van der Waals surface area contributed by atoms with Gasteiger partial charge in [0.05, 0.1) is 11.6 Å². The highest BCUT2D eigenvalue weighted by molar-refractivity contribution is 6.34. The molecule has 0 saturated carbocycles. The van der Waals surface area contributed by atoms with Gasteiger partial charge in [-0.1, -0.05) is 29.6 Å². The van der Waals surface area contributed by atoms with Crippen LogP contribution in [0.2, 0.25) is 10.0 Å². The molecule has 0 bridgehead atoms. The number of nitrogens with one attached hydrogen (secondary N) is 1. The summed E-state index contributed by atoms with van der Waals surface area (Å²) in [6.45, 7) is 1.81. The van der Waals surface area contributed by atoms with Crippen molar-refractivity contribution in [1.29, 1.82) is 0 Å². The van der Waals surface area contributed by atoms with Crippen LogP contribution < -0.4 is 10.1 Å². The second-order valence-electron chi connectivity index (χ2n) is 4.36. The van der Waals surface area contributed by atoms with Gasteiger partial charge in [-0.3, -0.25) is 0 Å². The Kier molecular flexibility index (Phi) is 4.96. The van der Waals surface area contributed by atoms with Crippen LogP contribution in [0.5, 0.6) is 5.75 Å². The zero-order valence-electron chi connectivity index (χ0n) is 9.72.